The Balaban J connectivity index is 1.87. The molecule has 0 aliphatic carbocycles. The Bertz CT molecular complexity index is 888. The summed E-state index contributed by atoms with van der Waals surface area (Å²) < 4.78 is 0.989. The van der Waals surface area contributed by atoms with E-state index in [-0.39, 0.29) is 24.4 Å². The fraction of sp³-hybridized carbons (Fsp3) is 0.476. The number of aliphatic hydroxyl groups excluding tert-OH is 1. The molecule has 0 unspecified atom stereocenters. The maximum atomic E-state index is 13.3. The summed E-state index contributed by atoms with van der Waals surface area (Å²) >= 11 is 3.43. The first-order chi connectivity index (χ1) is 13.6. The van der Waals surface area contributed by atoms with Crippen LogP contribution in [0.25, 0.3) is 11.3 Å². The average molecular weight is 463 g/mol. The third-order valence-corrected chi connectivity index (χ3v) is 5.62. The zero-order valence-electron chi connectivity index (χ0n) is 17.1. The molecule has 2 heterocycles. The van der Waals surface area contributed by atoms with Crippen LogP contribution in [0.2, 0.25) is 0 Å². The Hall–Kier alpha value is -2.19. The lowest BCUT2D eigenvalue weighted by Crippen LogP contribution is -2.54. The molecule has 8 heteroatoms. The lowest BCUT2D eigenvalue weighted by molar-refractivity contribution is -0.140. The Morgan fingerprint density at radius 1 is 1.31 bits per heavy atom. The highest BCUT2D eigenvalue weighted by atomic mass is 79.9. The number of hydrogen-bond donors (Lipinski definition) is 3. The summed E-state index contributed by atoms with van der Waals surface area (Å²) in [7, 11) is 0. The van der Waals surface area contributed by atoms with Crippen LogP contribution < -0.4 is 5.32 Å². The molecule has 1 saturated heterocycles. The van der Waals surface area contributed by atoms with Crippen molar-refractivity contribution in [1.82, 2.24) is 20.2 Å². The lowest BCUT2D eigenvalue weighted by Gasteiger charge is -2.35. The number of aromatic amines is 1. The number of aromatic nitrogens is 2. The van der Waals surface area contributed by atoms with Crippen LogP contribution in [0.3, 0.4) is 0 Å². The number of imidazole rings is 1. The molecule has 0 bridgehead atoms. The van der Waals surface area contributed by atoms with E-state index in [2.05, 4.69) is 31.2 Å². The Morgan fingerprint density at radius 3 is 2.55 bits per heavy atom. The SMILES string of the molecule is CC(=O)N[C@H](C(=O)N1C[C@H](O)C[C@H]1c1ncc(-c2ccc(Br)cc2)[nH]1)C(C)(C)C. The number of aliphatic hydroxyl groups is 1. The second-order valence-electron chi connectivity index (χ2n) is 8.58. The van der Waals surface area contributed by atoms with Crippen LogP contribution in [0, 0.1) is 5.41 Å². The first-order valence-electron chi connectivity index (χ1n) is 9.62. The number of likely N-dealkylation sites (tertiary alicyclic amines) is 1. The molecule has 1 aromatic carbocycles. The van der Waals surface area contributed by atoms with Crippen LogP contribution in [-0.2, 0) is 9.59 Å². The second-order valence-corrected chi connectivity index (χ2v) is 9.50. The predicted octanol–water partition coefficient (Wildman–Crippen LogP) is 3.02. The van der Waals surface area contributed by atoms with Gasteiger partial charge in [0.2, 0.25) is 11.8 Å². The summed E-state index contributed by atoms with van der Waals surface area (Å²) in [5.41, 5.74) is 1.36. The number of amides is 2. The number of hydrogen-bond acceptors (Lipinski definition) is 4. The maximum Gasteiger partial charge on any atom is 0.246 e. The number of carbonyl (C=O) groups excluding carboxylic acids is 2. The number of benzene rings is 1. The molecule has 1 aromatic heterocycles. The molecule has 2 amide bonds. The van der Waals surface area contributed by atoms with Gasteiger partial charge in [-0.25, -0.2) is 4.98 Å². The molecule has 2 aromatic rings. The first kappa shape index (κ1) is 21.5. The van der Waals surface area contributed by atoms with Crippen molar-refractivity contribution in [3.05, 3.63) is 40.8 Å². The smallest absolute Gasteiger partial charge is 0.246 e. The normalized spacial score (nSPS) is 20.6. The number of rotatable bonds is 4. The van der Waals surface area contributed by atoms with Crippen molar-refractivity contribution < 1.29 is 14.7 Å². The van der Waals surface area contributed by atoms with Gasteiger partial charge >= 0.3 is 0 Å². The second kappa shape index (κ2) is 8.28. The molecule has 3 rings (SSSR count). The molecule has 29 heavy (non-hydrogen) atoms. The van der Waals surface area contributed by atoms with E-state index in [9.17, 15) is 14.7 Å². The fourth-order valence-electron chi connectivity index (χ4n) is 3.62. The molecular formula is C21H27BrN4O3. The minimum atomic E-state index is -0.686. The Morgan fingerprint density at radius 2 is 1.97 bits per heavy atom. The number of carbonyl (C=O) groups is 2. The van der Waals surface area contributed by atoms with Gasteiger partial charge in [-0.2, -0.15) is 0 Å². The van der Waals surface area contributed by atoms with Gasteiger partial charge in [0, 0.05) is 24.4 Å². The van der Waals surface area contributed by atoms with Crippen molar-refractivity contribution in [2.75, 3.05) is 6.54 Å². The molecular weight excluding hydrogens is 436 g/mol. The van der Waals surface area contributed by atoms with Crippen LogP contribution in [-0.4, -0.2) is 50.5 Å². The molecule has 0 spiro atoms. The maximum absolute atomic E-state index is 13.3. The predicted molar refractivity (Wildman–Crippen MR) is 114 cm³/mol. The van der Waals surface area contributed by atoms with Gasteiger partial charge in [-0.05, 0) is 23.1 Å². The number of H-pyrrole nitrogens is 1. The largest absolute Gasteiger partial charge is 0.391 e. The van der Waals surface area contributed by atoms with Crippen LogP contribution in [0.4, 0.5) is 0 Å². The van der Waals surface area contributed by atoms with Crippen molar-refractivity contribution in [3.8, 4) is 11.3 Å². The van der Waals surface area contributed by atoms with Gasteiger partial charge in [0.15, 0.2) is 0 Å². The highest BCUT2D eigenvalue weighted by molar-refractivity contribution is 9.10. The summed E-state index contributed by atoms with van der Waals surface area (Å²) in [6, 6.07) is 6.79. The average Bonchev–Trinajstić information content (AvgIpc) is 3.25. The summed E-state index contributed by atoms with van der Waals surface area (Å²) in [5.74, 6) is 0.157. The zero-order chi connectivity index (χ0) is 21.3. The van der Waals surface area contributed by atoms with Crippen LogP contribution >= 0.6 is 15.9 Å². The number of halogens is 1. The number of nitrogens with zero attached hydrogens (tertiary/aromatic N) is 2. The van der Waals surface area contributed by atoms with Crippen LogP contribution in [0.5, 0.6) is 0 Å². The fourth-order valence-corrected chi connectivity index (χ4v) is 3.88. The molecule has 0 saturated carbocycles. The van der Waals surface area contributed by atoms with Gasteiger partial charge in [0.05, 0.1) is 24.0 Å². The third kappa shape index (κ3) is 4.87. The minimum absolute atomic E-state index is 0.212. The van der Waals surface area contributed by atoms with Gasteiger partial charge < -0.3 is 20.3 Å². The molecule has 1 fully saturated rings. The molecule has 3 atom stereocenters. The summed E-state index contributed by atoms with van der Waals surface area (Å²) in [4.78, 5) is 34.4. The molecule has 156 valence electrons. The molecule has 3 N–H and O–H groups in total. The lowest BCUT2D eigenvalue weighted by atomic mass is 9.85. The van der Waals surface area contributed by atoms with Gasteiger partial charge in [-0.1, -0.05) is 48.8 Å². The minimum Gasteiger partial charge on any atom is -0.391 e. The Labute approximate surface area is 179 Å². The molecule has 7 nitrogen and oxygen atoms in total. The van der Waals surface area contributed by atoms with E-state index < -0.39 is 17.6 Å². The third-order valence-electron chi connectivity index (χ3n) is 5.09. The van der Waals surface area contributed by atoms with Crippen molar-refractivity contribution in [3.63, 3.8) is 0 Å². The molecule has 0 radical (unpaired) electrons. The van der Waals surface area contributed by atoms with Crippen molar-refractivity contribution >= 4 is 27.7 Å². The standard InChI is InChI=1S/C21H27BrN4O3/c1-12(27)24-18(21(2,3)4)20(29)26-11-15(28)9-17(26)19-23-10-16(25-19)13-5-7-14(22)8-6-13/h5-8,10,15,17-18,28H,9,11H2,1-4H3,(H,23,25)(H,24,27)/t15-,17+,18-/m1/s1. The van der Waals surface area contributed by atoms with Crippen LogP contribution in [0.15, 0.2) is 34.9 Å². The van der Waals surface area contributed by atoms with Crippen molar-refractivity contribution in [2.24, 2.45) is 5.41 Å². The van der Waals surface area contributed by atoms with Crippen molar-refractivity contribution in [2.45, 2.75) is 52.3 Å². The first-order valence-corrected chi connectivity index (χ1v) is 10.4. The van der Waals surface area contributed by atoms with E-state index in [1.54, 1.807) is 11.1 Å². The Kier molecular flexibility index (Phi) is 6.14. The summed E-state index contributed by atoms with van der Waals surface area (Å²) in [6.45, 7) is 7.34. The molecule has 1 aliphatic rings. The van der Waals surface area contributed by atoms with E-state index >= 15 is 0 Å². The monoisotopic (exact) mass is 462 g/mol. The van der Waals surface area contributed by atoms with E-state index in [0.717, 1.165) is 15.7 Å². The van der Waals surface area contributed by atoms with E-state index in [4.69, 9.17) is 0 Å². The van der Waals surface area contributed by atoms with Crippen molar-refractivity contribution in [1.29, 1.82) is 0 Å². The zero-order valence-corrected chi connectivity index (χ0v) is 18.7. The summed E-state index contributed by atoms with van der Waals surface area (Å²) in [6.07, 6.45) is 1.50. The highest BCUT2D eigenvalue weighted by Gasteiger charge is 2.43. The van der Waals surface area contributed by atoms with E-state index in [1.165, 1.54) is 6.92 Å². The van der Waals surface area contributed by atoms with Gasteiger partial charge in [0.1, 0.15) is 11.9 Å². The topological polar surface area (TPSA) is 98.3 Å². The van der Waals surface area contributed by atoms with E-state index in [0.29, 0.717) is 12.2 Å². The highest BCUT2D eigenvalue weighted by Crippen LogP contribution is 2.34. The van der Waals surface area contributed by atoms with Crippen LogP contribution in [0.1, 0.15) is 46.0 Å². The van der Waals surface area contributed by atoms with E-state index in [1.807, 2.05) is 45.0 Å². The van der Waals surface area contributed by atoms with Gasteiger partial charge in [-0.3, -0.25) is 9.59 Å². The number of nitrogens with one attached hydrogen (secondary N) is 2. The van der Waals surface area contributed by atoms with Gasteiger partial charge in [0.25, 0.3) is 0 Å². The van der Waals surface area contributed by atoms with Gasteiger partial charge in [-0.15, -0.1) is 0 Å². The quantitative estimate of drug-likeness (QED) is 0.649. The molecule has 1 aliphatic heterocycles. The number of β-amino-alcohol motifs (C(OH)–C–C–N with tert-alkyl or cyclic N) is 1. The summed E-state index contributed by atoms with van der Waals surface area (Å²) in [5, 5.41) is 13.0.